The third-order valence-corrected chi connectivity index (χ3v) is 9.93. The Morgan fingerprint density at radius 2 is 1.76 bits per heavy atom. The van der Waals surface area contributed by atoms with Crippen LogP contribution in [0.5, 0.6) is 0 Å². The van der Waals surface area contributed by atoms with Gasteiger partial charge in [0.05, 0.1) is 43.7 Å². The Balaban J connectivity index is 1.60. The van der Waals surface area contributed by atoms with Crippen molar-refractivity contribution in [1.82, 2.24) is 45.8 Å². The third kappa shape index (κ3) is 12.0. The maximum atomic E-state index is 14.4. The van der Waals surface area contributed by atoms with Crippen LogP contribution in [0.25, 0.3) is 0 Å². The zero-order chi connectivity index (χ0) is 40.3. The SMILES string of the molecule is CCc1ncc(CN(C[C@H](O)[C@H](Cc2ccccc2)NC(=O)[C@H]([C@@H](C)CC)N2CCN(Cc3cccc(C)n3)C2=O)NC(=O)[C@@H](NC(=O)OC)C(C)(C)C)[nH]1. The van der Waals surface area contributed by atoms with Crippen LogP contribution in [0.15, 0.2) is 54.7 Å². The number of H-pyrrole nitrogens is 1. The van der Waals surface area contributed by atoms with Gasteiger partial charge in [0.25, 0.3) is 5.91 Å². The number of aromatic nitrogens is 3. The number of urea groups is 1. The number of benzene rings is 1. The van der Waals surface area contributed by atoms with Crippen LogP contribution in [0, 0.1) is 18.3 Å². The average molecular weight is 762 g/mol. The first-order chi connectivity index (χ1) is 26.1. The van der Waals surface area contributed by atoms with Gasteiger partial charge in [0.2, 0.25) is 5.91 Å². The van der Waals surface area contributed by atoms with Crippen molar-refractivity contribution < 1.29 is 29.0 Å². The van der Waals surface area contributed by atoms with Gasteiger partial charge in [-0.05, 0) is 42.4 Å². The Hall–Kier alpha value is -5.02. The first-order valence-electron chi connectivity index (χ1n) is 19.1. The number of aliphatic hydroxyl groups excluding tert-OH is 1. The lowest BCUT2D eigenvalue weighted by molar-refractivity contribution is -0.133. The van der Waals surface area contributed by atoms with Gasteiger partial charge in [0, 0.05) is 37.9 Å². The summed E-state index contributed by atoms with van der Waals surface area (Å²) in [5.41, 5.74) is 5.42. The van der Waals surface area contributed by atoms with Crippen LogP contribution < -0.4 is 16.1 Å². The van der Waals surface area contributed by atoms with E-state index in [0.717, 1.165) is 22.8 Å². The highest BCUT2D eigenvalue weighted by Crippen LogP contribution is 2.24. The molecule has 5 amide bonds. The Morgan fingerprint density at radius 1 is 1.04 bits per heavy atom. The quantitative estimate of drug-likeness (QED) is 0.121. The Bertz CT molecular complexity index is 1730. The maximum Gasteiger partial charge on any atom is 0.407 e. The molecule has 1 aliphatic rings. The molecule has 1 aliphatic heterocycles. The zero-order valence-corrected chi connectivity index (χ0v) is 33.5. The number of aliphatic hydroxyl groups is 1. The fourth-order valence-electron chi connectivity index (χ4n) is 6.69. The number of methoxy groups -OCH3 is 1. The molecule has 5 atom stereocenters. The van der Waals surface area contributed by atoms with Gasteiger partial charge in [-0.15, -0.1) is 0 Å². The number of nitrogens with zero attached hydrogens (tertiary/aromatic N) is 5. The molecule has 0 unspecified atom stereocenters. The van der Waals surface area contributed by atoms with Gasteiger partial charge >= 0.3 is 12.1 Å². The number of aryl methyl sites for hydroxylation is 2. The predicted octanol–water partition coefficient (Wildman–Crippen LogP) is 3.72. The van der Waals surface area contributed by atoms with E-state index in [1.165, 1.54) is 7.11 Å². The number of imidazole rings is 1. The van der Waals surface area contributed by atoms with Crippen molar-refractivity contribution in [2.24, 2.45) is 11.3 Å². The summed E-state index contributed by atoms with van der Waals surface area (Å²) in [6, 6.07) is 12.4. The van der Waals surface area contributed by atoms with E-state index < -0.39 is 41.6 Å². The van der Waals surface area contributed by atoms with Crippen molar-refractivity contribution >= 4 is 23.9 Å². The molecule has 1 aromatic carbocycles. The molecule has 4 rings (SSSR count). The number of aromatic amines is 1. The summed E-state index contributed by atoms with van der Waals surface area (Å²) in [4.78, 5) is 69.8. The van der Waals surface area contributed by atoms with E-state index in [0.29, 0.717) is 38.2 Å². The molecule has 1 saturated heterocycles. The summed E-state index contributed by atoms with van der Waals surface area (Å²) < 4.78 is 4.79. The van der Waals surface area contributed by atoms with Crippen molar-refractivity contribution in [1.29, 1.82) is 0 Å². The lowest BCUT2D eigenvalue weighted by atomic mass is 9.86. The molecule has 0 aliphatic carbocycles. The van der Waals surface area contributed by atoms with E-state index in [1.54, 1.807) is 21.0 Å². The van der Waals surface area contributed by atoms with Crippen molar-refractivity contribution in [2.75, 3.05) is 26.7 Å². The van der Waals surface area contributed by atoms with Crippen molar-refractivity contribution in [3.8, 4) is 0 Å². The van der Waals surface area contributed by atoms with E-state index in [1.807, 2.05) is 97.0 Å². The largest absolute Gasteiger partial charge is 0.453 e. The Morgan fingerprint density at radius 3 is 2.38 bits per heavy atom. The van der Waals surface area contributed by atoms with E-state index >= 15 is 0 Å². The average Bonchev–Trinajstić information content (AvgIpc) is 3.75. The van der Waals surface area contributed by atoms with Gasteiger partial charge in [-0.3, -0.25) is 20.0 Å². The highest BCUT2D eigenvalue weighted by atomic mass is 16.5. The number of alkyl carbamates (subject to hydrolysis) is 1. The first-order valence-corrected chi connectivity index (χ1v) is 19.1. The molecular formula is C40H59N9O6. The molecular weight excluding hydrogens is 702 g/mol. The molecule has 2 aromatic heterocycles. The minimum absolute atomic E-state index is 0.104. The zero-order valence-electron chi connectivity index (χ0n) is 33.5. The van der Waals surface area contributed by atoms with E-state index in [9.17, 15) is 24.3 Å². The number of hydrogen-bond donors (Lipinski definition) is 5. The van der Waals surface area contributed by atoms with Crippen LogP contribution in [0.2, 0.25) is 0 Å². The topological polar surface area (TPSA) is 185 Å². The molecule has 0 bridgehead atoms. The second-order valence-corrected chi connectivity index (χ2v) is 15.4. The summed E-state index contributed by atoms with van der Waals surface area (Å²) in [6.45, 7) is 14.5. The van der Waals surface area contributed by atoms with Crippen molar-refractivity contribution in [3.63, 3.8) is 0 Å². The minimum Gasteiger partial charge on any atom is -0.453 e. The number of pyridine rings is 1. The summed E-state index contributed by atoms with van der Waals surface area (Å²) in [5.74, 6) is -0.308. The smallest absolute Gasteiger partial charge is 0.407 e. The van der Waals surface area contributed by atoms with E-state index in [2.05, 4.69) is 31.0 Å². The number of hydrogen-bond acceptors (Lipinski definition) is 9. The number of ether oxygens (including phenoxy) is 1. The highest BCUT2D eigenvalue weighted by Gasteiger charge is 2.41. The molecule has 55 heavy (non-hydrogen) atoms. The summed E-state index contributed by atoms with van der Waals surface area (Å²) >= 11 is 0. The molecule has 5 N–H and O–H groups in total. The molecule has 1 fully saturated rings. The number of nitrogens with one attached hydrogen (secondary N) is 4. The van der Waals surface area contributed by atoms with Gasteiger partial charge < -0.3 is 35.3 Å². The fraction of sp³-hybridized carbons (Fsp3) is 0.550. The number of amides is 5. The lowest BCUT2D eigenvalue weighted by Crippen LogP contribution is -2.60. The van der Waals surface area contributed by atoms with Gasteiger partial charge in [-0.2, -0.15) is 0 Å². The van der Waals surface area contributed by atoms with Crippen LogP contribution in [-0.4, -0.2) is 110 Å². The number of rotatable bonds is 18. The van der Waals surface area contributed by atoms with Crippen molar-refractivity contribution in [3.05, 3.63) is 83.2 Å². The third-order valence-electron chi connectivity index (χ3n) is 9.93. The molecule has 3 aromatic rings. The Labute approximate surface area is 324 Å². The second-order valence-electron chi connectivity index (χ2n) is 15.4. The monoisotopic (exact) mass is 761 g/mol. The van der Waals surface area contributed by atoms with Gasteiger partial charge in [0.1, 0.15) is 17.9 Å². The van der Waals surface area contributed by atoms with Crippen LogP contribution in [-0.2, 0) is 40.3 Å². The molecule has 0 saturated carbocycles. The van der Waals surface area contributed by atoms with Crippen LogP contribution in [0.1, 0.15) is 76.4 Å². The van der Waals surface area contributed by atoms with Gasteiger partial charge in [-0.25, -0.2) is 19.6 Å². The number of carbonyl (C=O) groups is 4. The standard InChI is InChI=1S/C40H59N9O6/c1-9-26(3)34(49-20-19-47(39(49)54)23-29-18-14-15-27(4)42-29)36(51)44-31(21-28-16-12-11-13-17-28)32(50)25-48(24-30-22-41-33(10-2)43-30)46-37(52)35(40(5,6)7)45-38(53)55-8/h11-18,22,26,31-32,34-35,50H,9-10,19-21,23-25H2,1-8H3,(H,41,43)(H,44,51)(H,45,53)(H,46,52)/t26-,31-,32-,34-,35+/m0/s1. The normalized spacial score (nSPS) is 16.0. The molecule has 3 heterocycles. The molecule has 15 heteroatoms. The van der Waals surface area contributed by atoms with E-state index in [4.69, 9.17) is 4.74 Å². The molecule has 300 valence electrons. The van der Waals surface area contributed by atoms with Crippen molar-refractivity contribution in [2.45, 2.75) is 105 Å². The first kappa shape index (κ1) is 42.7. The van der Waals surface area contributed by atoms with Gasteiger partial charge in [-0.1, -0.05) is 84.4 Å². The maximum absolute atomic E-state index is 14.4. The predicted molar refractivity (Wildman–Crippen MR) is 208 cm³/mol. The summed E-state index contributed by atoms with van der Waals surface area (Å²) in [6.07, 6.45) is 1.31. The number of hydrazine groups is 1. The highest BCUT2D eigenvalue weighted by molar-refractivity contribution is 5.88. The van der Waals surface area contributed by atoms with E-state index in [-0.39, 0.29) is 37.4 Å². The summed E-state index contributed by atoms with van der Waals surface area (Å²) in [5, 5.41) is 19.3. The number of carbonyl (C=O) groups excluding carboxylic acids is 4. The molecule has 15 nitrogen and oxygen atoms in total. The van der Waals surface area contributed by atoms with Gasteiger partial charge in [0.15, 0.2) is 0 Å². The second kappa shape index (κ2) is 19.5. The van der Waals surface area contributed by atoms with Crippen LogP contribution in [0.4, 0.5) is 9.59 Å². The minimum atomic E-state index is -1.20. The fourth-order valence-corrected chi connectivity index (χ4v) is 6.69. The molecule has 0 spiro atoms. The summed E-state index contributed by atoms with van der Waals surface area (Å²) in [7, 11) is 1.23. The lowest BCUT2D eigenvalue weighted by Gasteiger charge is -2.36. The van der Waals surface area contributed by atoms with Crippen LogP contribution in [0.3, 0.4) is 0 Å². The van der Waals surface area contributed by atoms with Crippen LogP contribution >= 0.6 is 0 Å². The Kier molecular flexibility index (Phi) is 15.2. The molecule has 0 radical (unpaired) electrons.